The summed E-state index contributed by atoms with van der Waals surface area (Å²) >= 11 is 1.20. The fraction of sp³-hybridized carbons (Fsp3) is 0.500. The van der Waals surface area contributed by atoms with Gasteiger partial charge in [0, 0.05) is 6.04 Å². The molecule has 1 aliphatic rings. The van der Waals surface area contributed by atoms with Gasteiger partial charge in [-0.1, -0.05) is 56.0 Å². The number of amides is 1. The van der Waals surface area contributed by atoms with E-state index in [0.29, 0.717) is 5.16 Å². The van der Waals surface area contributed by atoms with Gasteiger partial charge in [0.15, 0.2) is 5.82 Å². The van der Waals surface area contributed by atoms with Crippen molar-refractivity contribution < 1.29 is 9.18 Å². The SMILES string of the molecule is Nn1c(SCC(=O)NC2CCCCCCC2)nnc1-c1ccccc1F. The lowest BCUT2D eigenvalue weighted by atomic mass is 9.97. The third-order valence-corrected chi connectivity index (χ3v) is 5.53. The maximum atomic E-state index is 13.9. The Morgan fingerprint density at radius 2 is 1.88 bits per heavy atom. The minimum atomic E-state index is -0.412. The molecule has 1 aromatic carbocycles. The number of hydrogen-bond acceptors (Lipinski definition) is 5. The molecule has 0 spiro atoms. The maximum Gasteiger partial charge on any atom is 0.230 e. The average molecular weight is 377 g/mol. The number of aromatic nitrogens is 3. The number of benzene rings is 1. The number of halogens is 1. The van der Waals surface area contributed by atoms with Crippen LogP contribution < -0.4 is 11.2 Å². The lowest BCUT2D eigenvalue weighted by molar-refractivity contribution is -0.119. The topological polar surface area (TPSA) is 85.8 Å². The van der Waals surface area contributed by atoms with Crippen molar-refractivity contribution in [3.05, 3.63) is 30.1 Å². The summed E-state index contributed by atoms with van der Waals surface area (Å²) in [5, 5.41) is 11.4. The summed E-state index contributed by atoms with van der Waals surface area (Å²) in [6.07, 6.45) is 8.21. The zero-order valence-electron chi connectivity index (χ0n) is 14.7. The molecule has 1 aromatic heterocycles. The molecular formula is C18H24FN5OS. The fourth-order valence-electron chi connectivity index (χ4n) is 3.20. The molecule has 2 aromatic rings. The van der Waals surface area contributed by atoms with E-state index in [2.05, 4.69) is 15.5 Å². The first-order valence-electron chi connectivity index (χ1n) is 9.02. The van der Waals surface area contributed by atoms with Crippen LogP contribution in [0.1, 0.15) is 44.9 Å². The Hall–Kier alpha value is -2.09. The molecule has 6 nitrogen and oxygen atoms in total. The zero-order chi connectivity index (χ0) is 18.4. The Morgan fingerprint density at radius 3 is 2.62 bits per heavy atom. The number of nitrogen functional groups attached to an aromatic ring is 1. The first-order chi connectivity index (χ1) is 12.6. The molecule has 0 bridgehead atoms. The van der Waals surface area contributed by atoms with Gasteiger partial charge in [-0.15, -0.1) is 10.2 Å². The summed E-state index contributed by atoms with van der Waals surface area (Å²) in [7, 11) is 0. The number of hydrogen-bond donors (Lipinski definition) is 2. The molecule has 0 saturated heterocycles. The van der Waals surface area contributed by atoms with Gasteiger partial charge in [0.25, 0.3) is 0 Å². The Kier molecular flexibility index (Phi) is 6.49. The predicted octanol–water partition coefficient (Wildman–Crippen LogP) is 3.12. The Morgan fingerprint density at radius 1 is 1.19 bits per heavy atom. The highest BCUT2D eigenvalue weighted by Gasteiger charge is 2.18. The normalized spacial score (nSPS) is 16.0. The largest absolute Gasteiger partial charge is 0.353 e. The van der Waals surface area contributed by atoms with E-state index in [-0.39, 0.29) is 29.1 Å². The smallest absolute Gasteiger partial charge is 0.230 e. The standard InChI is InChI=1S/C18H24FN5OS/c19-15-11-7-6-10-14(15)17-22-23-18(24(17)20)26-12-16(25)21-13-8-4-2-1-3-5-9-13/h6-7,10-11,13H,1-5,8-9,12,20H2,(H,21,25). The Labute approximate surface area is 156 Å². The quantitative estimate of drug-likeness (QED) is 0.618. The third-order valence-electron chi connectivity index (χ3n) is 4.58. The van der Waals surface area contributed by atoms with E-state index in [1.54, 1.807) is 18.2 Å². The first-order valence-corrected chi connectivity index (χ1v) is 10.0. The highest BCUT2D eigenvalue weighted by molar-refractivity contribution is 7.99. The molecule has 8 heteroatoms. The van der Waals surface area contributed by atoms with Gasteiger partial charge in [0.2, 0.25) is 11.1 Å². The van der Waals surface area contributed by atoms with Gasteiger partial charge in [-0.3, -0.25) is 4.79 Å². The summed E-state index contributed by atoms with van der Waals surface area (Å²) < 4.78 is 15.1. The molecule has 3 N–H and O–H groups in total. The number of nitrogens with one attached hydrogen (secondary N) is 1. The van der Waals surface area contributed by atoms with E-state index in [1.165, 1.54) is 54.6 Å². The Balaban J connectivity index is 1.56. The lowest BCUT2D eigenvalue weighted by Gasteiger charge is -2.20. The number of nitrogens with two attached hydrogens (primary N) is 1. The van der Waals surface area contributed by atoms with Crippen LogP contribution >= 0.6 is 11.8 Å². The highest BCUT2D eigenvalue weighted by atomic mass is 32.2. The van der Waals surface area contributed by atoms with Crippen LogP contribution in [0.25, 0.3) is 11.4 Å². The Bertz CT molecular complexity index is 743. The molecular weight excluding hydrogens is 353 g/mol. The second kappa shape index (κ2) is 9.02. The molecule has 0 radical (unpaired) electrons. The average Bonchev–Trinajstić information content (AvgIpc) is 2.96. The van der Waals surface area contributed by atoms with Crippen LogP contribution in [0.4, 0.5) is 4.39 Å². The number of thioether (sulfide) groups is 1. The van der Waals surface area contributed by atoms with Crippen molar-refractivity contribution in [3.8, 4) is 11.4 Å². The lowest BCUT2D eigenvalue weighted by Crippen LogP contribution is -2.36. The molecule has 0 aliphatic heterocycles. The van der Waals surface area contributed by atoms with E-state index < -0.39 is 5.82 Å². The summed E-state index contributed by atoms with van der Waals surface area (Å²) in [4.78, 5) is 12.2. The van der Waals surface area contributed by atoms with Crippen LogP contribution in [0.2, 0.25) is 0 Å². The predicted molar refractivity (Wildman–Crippen MR) is 101 cm³/mol. The summed E-state index contributed by atoms with van der Waals surface area (Å²) in [6.45, 7) is 0. The molecule has 1 saturated carbocycles. The number of nitrogens with zero attached hydrogens (tertiary/aromatic N) is 3. The van der Waals surface area contributed by atoms with E-state index >= 15 is 0 Å². The third kappa shape index (κ3) is 4.75. The number of rotatable bonds is 5. The molecule has 1 heterocycles. The van der Waals surface area contributed by atoms with Gasteiger partial charge in [-0.2, -0.15) is 0 Å². The molecule has 3 rings (SSSR count). The van der Waals surface area contributed by atoms with Crippen molar-refractivity contribution in [2.24, 2.45) is 0 Å². The van der Waals surface area contributed by atoms with E-state index in [9.17, 15) is 9.18 Å². The van der Waals surface area contributed by atoms with Gasteiger partial charge in [0.05, 0.1) is 11.3 Å². The van der Waals surface area contributed by atoms with Crippen LogP contribution in [-0.2, 0) is 4.79 Å². The van der Waals surface area contributed by atoms with E-state index in [1.807, 2.05) is 0 Å². The highest BCUT2D eigenvalue weighted by Crippen LogP contribution is 2.23. The maximum absolute atomic E-state index is 13.9. The van der Waals surface area contributed by atoms with Crippen LogP contribution in [0.5, 0.6) is 0 Å². The molecule has 140 valence electrons. The van der Waals surface area contributed by atoms with Gasteiger partial charge in [-0.05, 0) is 25.0 Å². The second-order valence-electron chi connectivity index (χ2n) is 6.55. The van der Waals surface area contributed by atoms with Gasteiger partial charge < -0.3 is 11.2 Å². The summed E-state index contributed by atoms with van der Waals surface area (Å²) in [6, 6.07) is 6.51. The van der Waals surface area contributed by atoms with Crippen molar-refractivity contribution in [1.29, 1.82) is 0 Å². The monoisotopic (exact) mass is 377 g/mol. The zero-order valence-corrected chi connectivity index (χ0v) is 15.5. The molecule has 1 fully saturated rings. The molecule has 1 amide bonds. The minimum Gasteiger partial charge on any atom is -0.353 e. The summed E-state index contributed by atoms with van der Waals surface area (Å²) in [5.74, 6) is 5.99. The van der Waals surface area contributed by atoms with Crippen LogP contribution in [0, 0.1) is 5.82 Å². The van der Waals surface area contributed by atoms with Crippen molar-refractivity contribution in [3.63, 3.8) is 0 Å². The minimum absolute atomic E-state index is 0.0315. The van der Waals surface area contributed by atoms with Gasteiger partial charge in [-0.25, -0.2) is 9.07 Å². The first kappa shape index (κ1) is 18.7. The van der Waals surface area contributed by atoms with Crippen LogP contribution in [-0.4, -0.2) is 32.6 Å². The van der Waals surface area contributed by atoms with Crippen molar-refractivity contribution in [2.75, 3.05) is 11.6 Å². The van der Waals surface area contributed by atoms with Crippen molar-refractivity contribution in [2.45, 2.75) is 56.1 Å². The molecule has 0 atom stereocenters. The molecule has 1 aliphatic carbocycles. The van der Waals surface area contributed by atoms with E-state index in [0.717, 1.165) is 12.8 Å². The second-order valence-corrected chi connectivity index (χ2v) is 7.50. The van der Waals surface area contributed by atoms with Crippen molar-refractivity contribution in [1.82, 2.24) is 20.2 Å². The van der Waals surface area contributed by atoms with Gasteiger partial charge in [0.1, 0.15) is 5.82 Å². The summed E-state index contributed by atoms with van der Waals surface area (Å²) in [5.41, 5.74) is 0.285. The fourth-order valence-corrected chi connectivity index (χ4v) is 3.87. The number of carbonyl (C=O) groups excluding carboxylic acids is 1. The van der Waals surface area contributed by atoms with Crippen molar-refractivity contribution >= 4 is 17.7 Å². The number of carbonyl (C=O) groups is 1. The van der Waals surface area contributed by atoms with Crippen LogP contribution in [0.15, 0.2) is 29.4 Å². The van der Waals surface area contributed by atoms with E-state index in [4.69, 9.17) is 5.84 Å². The van der Waals surface area contributed by atoms with Crippen LogP contribution in [0.3, 0.4) is 0 Å². The van der Waals surface area contributed by atoms with Gasteiger partial charge >= 0.3 is 0 Å². The molecule has 0 unspecified atom stereocenters. The molecule has 26 heavy (non-hydrogen) atoms.